The number of ether oxygens (including phenoxy) is 3. The molecule has 1 atom stereocenters. The Kier molecular flexibility index (Phi) is 57.3. The number of allylic oxidation sites excluding steroid dienone is 14. The molecule has 0 aliphatic carbocycles. The molecule has 0 radical (unpaired) electrons. The summed E-state index contributed by atoms with van der Waals surface area (Å²) in [6.07, 6.45) is 78.6. The number of carbonyl (C=O) groups is 3. The zero-order chi connectivity index (χ0) is 52.2. The standard InChI is InChI=1S/C66H114O6/c1-4-7-10-13-16-19-22-25-28-31-33-36-38-41-44-47-50-53-56-59-65(68)71-62-63(61-70-64(67)58-55-52-49-46-43-40-37-34-30-27-24-21-18-15-12-9-6-3)72-66(69)60-57-54-51-48-45-42-39-35-32-29-26-23-20-17-14-11-8-5-2/h7,10,16,19,25,27-30,32-33,36,41,44,63H,4-6,8-9,11-15,17-18,20-24,26,31,34-35,37-40,42-43,45-62H2,1-3H3/b10-7-,19-16-,28-25-,30-27-,32-29-,36-33-,44-41-. The highest BCUT2D eigenvalue weighted by atomic mass is 16.6. The molecule has 414 valence electrons. The second-order valence-corrected chi connectivity index (χ2v) is 20.2. The number of carbonyl (C=O) groups excluding carboxylic acids is 3. The molecule has 6 nitrogen and oxygen atoms in total. The first-order chi connectivity index (χ1) is 35.5. The third-order valence-electron chi connectivity index (χ3n) is 13.1. The summed E-state index contributed by atoms with van der Waals surface area (Å²) >= 11 is 0. The highest BCUT2D eigenvalue weighted by Crippen LogP contribution is 2.15. The summed E-state index contributed by atoms with van der Waals surface area (Å²) in [6, 6.07) is 0. The Balaban J connectivity index is 4.45. The van der Waals surface area contributed by atoms with Crippen LogP contribution in [0.5, 0.6) is 0 Å². The average Bonchev–Trinajstić information content (AvgIpc) is 3.38. The van der Waals surface area contributed by atoms with E-state index >= 15 is 0 Å². The maximum Gasteiger partial charge on any atom is 0.306 e. The van der Waals surface area contributed by atoms with Gasteiger partial charge in [0.1, 0.15) is 13.2 Å². The van der Waals surface area contributed by atoms with Crippen LogP contribution in [0.3, 0.4) is 0 Å². The van der Waals surface area contributed by atoms with E-state index < -0.39 is 6.10 Å². The first-order valence-corrected chi connectivity index (χ1v) is 30.6. The predicted molar refractivity (Wildman–Crippen MR) is 311 cm³/mol. The summed E-state index contributed by atoms with van der Waals surface area (Å²) in [7, 11) is 0. The van der Waals surface area contributed by atoms with Gasteiger partial charge in [0.25, 0.3) is 0 Å². The van der Waals surface area contributed by atoms with Crippen LogP contribution in [0.1, 0.15) is 297 Å². The van der Waals surface area contributed by atoms with Gasteiger partial charge in [-0.05, 0) is 116 Å². The molecule has 0 aliphatic heterocycles. The van der Waals surface area contributed by atoms with Crippen LogP contribution in [-0.4, -0.2) is 37.2 Å². The highest BCUT2D eigenvalue weighted by molar-refractivity contribution is 5.71. The van der Waals surface area contributed by atoms with E-state index in [0.29, 0.717) is 19.3 Å². The van der Waals surface area contributed by atoms with Crippen molar-refractivity contribution in [2.24, 2.45) is 0 Å². The Morgan fingerprint density at radius 1 is 0.292 bits per heavy atom. The van der Waals surface area contributed by atoms with Crippen molar-refractivity contribution in [2.75, 3.05) is 13.2 Å². The van der Waals surface area contributed by atoms with Gasteiger partial charge in [0.15, 0.2) is 6.10 Å². The number of rotatable bonds is 55. The van der Waals surface area contributed by atoms with Crippen LogP contribution in [-0.2, 0) is 28.6 Å². The fourth-order valence-electron chi connectivity index (χ4n) is 8.52. The average molecular weight is 1000 g/mol. The van der Waals surface area contributed by atoms with E-state index in [4.69, 9.17) is 14.2 Å². The molecule has 0 aromatic heterocycles. The number of esters is 3. The smallest absolute Gasteiger partial charge is 0.306 e. The van der Waals surface area contributed by atoms with E-state index in [-0.39, 0.29) is 31.1 Å². The first kappa shape index (κ1) is 68.6. The molecule has 6 heteroatoms. The monoisotopic (exact) mass is 1000 g/mol. The van der Waals surface area contributed by atoms with Gasteiger partial charge in [-0.1, -0.05) is 247 Å². The molecular weight excluding hydrogens is 889 g/mol. The van der Waals surface area contributed by atoms with Gasteiger partial charge in [0.05, 0.1) is 0 Å². The van der Waals surface area contributed by atoms with Gasteiger partial charge >= 0.3 is 17.9 Å². The fourth-order valence-corrected chi connectivity index (χ4v) is 8.52. The van der Waals surface area contributed by atoms with Crippen molar-refractivity contribution in [3.05, 3.63) is 85.1 Å². The molecular formula is C66H114O6. The molecule has 0 saturated carbocycles. The van der Waals surface area contributed by atoms with Crippen molar-refractivity contribution in [1.29, 1.82) is 0 Å². The quantitative estimate of drug-likeness (QED) is 0.0261. The lowest BCUT2D eigenvalue weighted by Gasteiger charge is -2.18. The molecule has 0 aromatic rings. The lowest BCUT2D eigenvalue weighted by molar-refractivity contribution is -0.167. The second kappa shape index (κ2) is 60.1. The molecule has 0 aromatic carbocycles. The number of hydrogen-bond donors (Lipinski definition) is 0. The minimum absolute atomic E-state index is 0.0905. The topological polar surface area (TPSA) is 78.9 Å². The van der Waals surface area contributed by atoms with E-state index in [1.807, 2.05) is 0 Å². The summed E-state index contributed by atoms with van der Waals surface area (Å²) < 4.78 is 16.9. The Hall–Kier alpha value is -3.41. The normalized spacial score (nSPS) is 12.7. The number of unbranched alkanes of at least 4 members (excludes halogenated alkanes) is 30. The van der Waals surface area contributed by atoms with E-state index in [1.165, 1.54) is 161 Å². The molecule has 0 N–H and O–H groups in total. The van der Waals surface area contributed by atoms with Crippen LogP contribution < -0.4 is 0 Å². The van der Waals surface area contributed by atoms with Gasteiger partial charge in [-0.25, -0.2) is 0 Å². The van der Waals surface area contributed by atoms with Crippen molar-refractivity contribution in [3.63, 3.8) is 0 Å². The summed E-state index contributed by atoms with van der Waals surface area (Å²) in [6.45, 7) is 6.51. The third-order valence-corrected chi connectivity index (χ3v) is 13.1. The maximum absolute atomic E-state index is 12.9. The highest BCUT2D eigenvalue weighted by Gasteiger charge is 2.19. The molecule has 1 unspecified atom stereocenters. The van der Waals surface area contributed by atoms with Crippen LogP contribution in [0.15, 0.2) is 85.1 Å². The molecule has 72 heavy (non-hydrogen) atoms. The molecule has 0 rings (SSSR count). The molecule has 0 saturated heterocycles. The molecule has 0 aliphatic rings. The fraction of sp³-hybridized carbons (Fsp3) is 0.742. The van der Waals surface area contributed by atoms with Crippen molar-refractivity contribution >= 4 is 17.9 Å². The lowest BCUT2D eigenvalue weighted by Crippen LogP contribution is -2.30. The summed E-state index contributed by atoms with van der Waals surface area (Å²) in [4.78, 5) is 38.3. The minimum atomic E-state index is -0.796. The van der Waals surface area contributed by atoms with Gasteiger partial charge in [0, 0.05) is 19.3 Å². The van der Waals surface area contributed by atoms with Gasteiger partial charge in [0.2, 0.25) is 0 Å². The minimum Gasteiger partial charge on any atom is -0.462 e. The zero-order valence-corrected chi connectivity index (χ0v) is 47.4. The van der Waals surface area contributed by atoms with E-state index in [9.17, 15) is 14.4 Å². The predicted octanol–water partition coefficient (Wildman–Crippen LogP) is 20.7. The van der Waals surface area contributed by atoms with Gasteiger partial charge in [-0.15, -0.1) is 0 Å². The number of hydrogen-bond acceptors (Lipinski definition) is 6. The van der Waals surface area contributed by atoms with E-state index in [1.54, 1.807) is 0 Å². The zero-order valence-electron chi connectivity index (χ0n) is 47.4. The van der Waals surface area contributed by atoms with Crippen LogP contribution in [0.4, 0.5) is 0 Å². The van der Waals surface area contributed by atoms with E-state index in [2.05, 4.69) is 106 Å². The van der Waals surface area contributed by atoms with Crippen LogP contribution in [0, 0.1) is 0 Å². The summed E-state index contributed by atoms with van der Waals surface area (Å²) in [5, 5.41) is 0. The van der Waals surface area contributed by atoms with E-state index in [0.717, 1.165) is 96.3 Å². The van der Waals surface area contributed by atoms with Crippen molar-refractivity contribution in [1.82, 2.24) is 0 Å². The Labute approximate surface area is 445 Å². The van der Waals surface area contributed by atoms with Crippen LogP contribution in [0.2, 0.25) is 0 Å². The van der Waals surface area contributed by atoms with Gasteiger partial charge in [-0.2, -0.15) is 0 Å². The third kappa shape index (κ3) is 57.5. The molecule has 0 heterocycles. The van der Waals surface area contributed by atoms with Crippen LogP contribution >= 0.6 is 0 Å². The second-order valence-electron chi connectivity index (χ2n) is 20.2. The van der Waals surface area contributed by atoms with Crippen molar-refractivity contribution in [3.8, 4) is 0 Å². The Bertz CT molecular complexity index is 1380. The SMILES string of the molecule is CC/C=C\C/C=C\C/C=C\C/C=C\C/C=C\CCCCCC(=O)OCC(COC(=O)CCCCCCCCC/C=C\CCCCCCCC)OC(=O)CCCCCCCCC/C=C\CCCCCCCCC. The summed E-state index contributed by atoms with van der Waals surface area (Å²) in [5.74, 6) is -0.923. The van der Waals surface area contributed by atoms with Gasteiger partial charge < -0.3 is 14.2 Å². The molecule has 0 fully saturated rings. The van der Waals surface area contributed by atoms with Crippen molar-refractivity contribution < 1.29 is 28.6 Å². The molecule has 0 spiro atoms. The Morgan fingerprint density at radius 3 is 0.875 bits per heavy atom. The maximum atomic E-state index is 12.9. The first-order valence-electron chi connectivity index (χ1n) is 30.6. The Morgan fingerprint density at radius 2 is 0.542 bits per heavy atom. The van der Waals surface area contributed by atoms with Crippen LogP contribution in [0.25, 0.3) is 0 Å². The molecule has 0 amide bonds. The lowest BCUT2D eigenvalue weighted by atomic mass is 10.1. The molecule has 0 bridgehead atoms. The van der Waals surface area contributed by atoms with Gasteiger partial charge in [-0.3, -0.25) is 14.4 Å². The van der Waals surface area contributed by atoms with Crippen molar-refractivity contribution in [2.45, 2.75) is 303 Å². The largest absolute Gasteiger partial charge is 0.462 e. The summed E-state index contributed by atoms with van der Waals surface area (Å²) in [5.41, 5.74) is 0.